The molecular formula is C25H19ClN2O4. The van der Waals surface area contributed by atoms with Crippen molar-refractivity contribution < 1.29 is 19.1 Å². The molecule has 160 valence electrons. The highest BCUT2D eigenvalue weighted by molar-refractivity contribution is 6.33. The molecule has 1 aromatic heterocycles. The zero-order valence-corrected chi connectivity index (χ0v) is 17.9. The lowest BCUT2D eigenvalue weighted by atomic mass is 10.0. The number of halogens is 1. The number of nitrogens with one attached hydrogen (secondary N) is 1. The Morgan fingerprint density at radius 1 is 0.969 bits per heavy atom. The number of hydrogen-bond acceptors (Lipinski definition) is 5. The van der Waals surface area contributed by atoms with Crippen LogP contribution in [0.25, 0.3) is 22.2 Å². The van der Waals surface area contributed by atoms with E-state index in [2.05, 4.69) is 10.3 Å². The van der Waals surface area contributed by atoms with Crippen LogP contribution >= 0.6 is 11.6 Å². The highest BCUT2D eigenvalue weighted by atomic mass is 35.5. The van der Waals surface area contributed by atoms with Crippen molar-refractivity contribution in [2.45, 2.75) is 0 Å². The molecule has 3 aromatic carbocycles. The molecule has 0 aliphatic rings. The predicted octanol–water partition coefficient (Wildman–Crippen LogP) is 5.36. The molecule has 32 heavy (non-hydrogen) atoms. The first-order valence-corrected chi connectivity index (χ1v) is 10.2. The number of aromatic nitrogens is 1. The Morgan fingerprint density at radius 3 is 2.50 bits per heavy atom. The SMILES string of the molecule is COc1ccccc1NC(=O)COC(=O)c1cc(-c2ccccc2Cl)nc2ccccc12. The fraction of sp³-hybridized carbons (Fsp3) is 0.0800. The summed E-state index contributed by atoms with van der Waals surface area (Å²) in [5, 5.41) is 3.82. The van der Waals surface area contributed by atoms with E-state index in [1.165, 1.54) is 7.11 Å². The molecule has 0 unspecified atom stereocenters. The summed E-state index contributed by atoms with van der Waals surface area (Å²) in [6, 6.07) is 23.1. The number of hydrogen-bond donors (Lipinski definition) is 1. The second-order valence-electron chi connectivity index (χ2n) is 6.88. The van der Waals surface area contributed by atoms with Crippen LogP contribution in [0.3, 0.4) is 0 Å². The molecule has 0 fully saturated rings. The number of ether oxygens (including phenoxy) is 2. The van der Waals surface area contributed by atoms with Gasteiger partial charge in [0.1, 0.15) is 5.75 Å². The number of anilines is 1. The van der Waals surface area contributed by atoms with Gasteiger partial charge in [0.2, 0.25) is 0 Å². The quantitative estimate of drug-likeness (QED) is 0.403. The van der Waals surface area contributed by atoms with Crippen LogP contribution in [0.5, 0.6) is 5.75 Å². The van der Waals surface area contributed by atoms with Crippen LogP contribution < -0.4 is 10.1 Å². The normalized spacial score (nSPS) is 10.6. The summed E-state index contributed by atoms with van der Waals surface area (Å²) >= 11 is 6.33. The average Bonchev–Trinajstić information content (AvgIpc) is 2.82. The van der Waals surface area contributed by atoms with Gasteiger partial charge < -0.3 is 14.8 Å². The lowest BCUT2D eigenvalue weighted by Gasteiger charge is -2.12. The van der Waals surface area contributed by atoms with Gasteiger partial charge in [0.05, 0.1) is 29.6 Å². The number of carbonyl (C=O) groups is 2. The van der Waals surface area contributed by atoms with E-state index in [0.29, 0.717) is 44.2 Å². The fourth-order valence-corrected chi connectivity index (χ4v) is 3.53. The minimum Gasteiger partial charge on any atom is -0.495 e. The zero-order chi connectivity index (χ0) is 22.5. The monoisotopic (exact) mass is 446 g/mol. The highest BCUT2D eigenvalue weighted by Gasteiger charge is 2.18. The van der Waals surface area contributed by atoms with Gasteiger partial charge in [0.15, 0.2) is 6.61 Å². The molecule has 1 amide bonds. The van der Waals surface area contributed by atoms with Gasteiger partial charge in [-0.05, 0) is 30.3 Å². The first kappa shape index (κ1) is 21.3. The molecule has 1 N–H and O–H groups in total. The van der Waals surface area contributed by atoms with E-state index in [9.17, 15) is 9.59 Å². The van der Waals surface area contributed by atoms with Crippen LogP contribution in [-0.4, -0.2) is 30.6 Å². The van der Waals surface area contributed by atoms with Gasteiger partial charge in [0.25, 0.3) is 5.91 Å². The van der Waals surface area contributed by atoms with Gasteiger partial charge in [-0.3, -0.25) is 4.79 Å². The lowest BCUT2D eigenvalue weighted by molar-refractivity contribution is -0.119. The number of para-hydroxylation sites is 3. The molecule has 7 heteroatoms. The van der Waals surface area contributed by atoms with Crippen LogP contribution in [0.15, 0.2) is 78.9 Å². The third-order valence-electron chi connectivity index (χ3n) is 4.80. The Kier molecular flexibility index (Phi) is 6.33. The van der Waals surface area contributed by atoms with Gasteiger partial charge >= 0.3 is 5.97 Å². The largest absolute Gasteiger partial charge is 0.495 e. The molecule has 0 bridgehead atoms. The van der Waals surface area contributed by atoms with Gasteiger partial charge in [-0.2, -0.15) is 0 Å². The Hall–Kier alpha value is -3.90. The topological polar surface area (TPSA) is 77.5 Å². The van der Waals surface area contributed by atoms with Crippen molar-refractivity contribution in [2.24, 2.45) is 0 Å². The first-order chi connectivity index (χ1) is 15.6. The Morgan fingerprint density at radius 2 is 1.69 bits per heavy atom. The number of nitrogens with zero attached hydrogens (tertiary/aromatic N) is 1. The third kappa shape index (κ3) is 4.55. The Labute approximate surface area is 189 Å². The molecular weight excluding hydrogens is 428 g/mol. The highest BCUT2D eigenvalue weighted by Crippen LogP contribution is 2.30. The van der Waals surface area contributed by atoms with E-state index < -0.39 is 18.5 Å². The number of esters is 1. The van der Waals surface area contributed by atoms with Crippen LogP contribution in [0.4, 0.5) is 5.69 Å². The van der Waals surface area contributed by atoms with Crippen molar-refractivity contribution in [3.05, 3.63) is 89.4 Å². The molecule has 4 aromatic rings. The number of rotatable bonds is 6. The average molecular weight is 447 g/mol. The maximum absolute atomic E-state index is 12.9. The number of pyridine rings is 1. The summed E-state index contributed by atoms with van der Waals surface area (Å²) in [5.74, 6) is -0.601. The van der Waals surface area contributed by atoms with Crippen LogP contribution in [-0.2, 0) is 9.53 Å². The molecule has 0 saturated carbocycles. The van der Waals surface area contributed by atoms with Gasteiger partial charge in [-0.25, -0.2) is 9.78 Å². The van der Waals surface area contributed by atoms with Crippen molar-refractivity contribution in [2.75, 3.05) is 19.0 Å². The molecule has 4 rings (SSSR count). The van der Waals surface area contributed by atoms with Crippen LogP contribution in [0.2, 0.25) is 5.02 Å². The number of amides is 1. The number of methoxy groups -OCH3 is 1. The van der Waals surface area contributed by atoms with Crippen LogP contribution in [0, 0.1) is 0 Å². The standard InChI is InChI=1S/C25H19ClN2O4/c1-31-23-13-7-6-12-21(23)28-24(29)15-32-25(30)18-14-22(17-9-2-4-10-19(17)26)27-20-11-5-3-8-16(18)20/h2-14H,15H2,1H3,(H,28,29). The van der Waals surface area contributed by atoms with Gasteiger partial charge in [-0.15, -0.1) is 0 Å². The van der Waals surface area contributed by atoms with E-state index in [1.807, 2.05) is 30.3 Å². The van der Waals surface area contributed by atoms with E-state index in [0.717, 1.165) is 0 Å². The van der Waals surface area contributed by atoms with E-state index in [4.69, 9.17) is 21.1 Å². The number of benzene rings is 3. The van der Waals surface area contributed by atoms with Crippen LogP contribution in [0.1, 0.15) is 10.4 Å². The zero-order valence-electron chi connectivity index (χ0n) is 17.2. The predicted molar refractivity (Wildman–Crippen MR) is 124 cm³/mol. The summed E-state index contributed by atoms with van der Waals surface area (Å²) in [7, 11) is 1.51. The van der Waals surface area contributed by atoms with Crippen molar-refractivity contribution in [1.29, 1.82) is 0 Å². The molecule has 0 aliphatic carbocycles. The minimum absolute atomic E-state index is 0.301. The Balaban J connectivity index is 1.58. The van der Waals surface area contributed by atoms with Crippen molar-refractivity contribution in [3.63, 3.8) is 0 Å². The maximum Gasteiger partial charge on any atom is 0.339 e. The number of fused-ring (bicyclic) bond motifs is 1. The molecule has 6 nitrogen and oxygen atoms in total. The summed E-state index contributed by atoms with van der Waals surface area (Å²) in [4.78, 5) is 29.9. The Bertz CT molecular complexity index is 1310. The first-order valence-electron chi connectivity index (χ1n) is 9.81. The van der Waals surface area contributed by atoms with E-state index in [1.54, 1.807) is 48.5 Å². The molecule has 1 heterocycles. The molecule has 0 saturated heterocycles. The summed E-state index contributed by atoms with van der Waals surface area (Å²) in [6.07, 6.45) is 0. The molecule has 0 aliphatic heterocycles. The van der Waals surface area contributed by atoms with Crippen molar-refractivity contribution >= 4 is 40.1 Å². The van der Waals surface area contributed by atoms with Crippen molar-refractivity contribution in [1.82, 2.24) is 4.98 Å². The fourth-order valence-electron chi connectivity index (χ4n) is 3.29. The second-order valence-corrected chi connectivity index (χ2v) is 7.28. The van der Waals surface area contributed by atoms with E-state index >= 15 is 0 Å². The van der Waals surface area contributed by atoms with Gasteiger partial charge in [-0.1, -0.05) is 60.1 Å². The second kappa shape index (κ2) is 9.49. The molecule has 0 spiro atoms. The summed E-state index contributed by atoms with van der Waals surface area (Å²) in [5.41, 5.74) is 2.65. The summed E-state index contributed by atoms with van der Waals surface area (Å²) < 4.78 is 10.5. The lowest BCUT2D eigenvalue weighted by Crippen LogP contribution is -2.21. The third-order valence-corrected chi connectivity index (χ3v) is 5.13. The van der Waals surface area contributed by atoms with Gasteiger partial charge in [0, 0.05) is 16.0 Å². The molecule has 0 radical (unpaired) electrons. The number of carbonyl (C=O) groups excluding carboxylic acids is 2. The summed E-state index contributed by atoms with van der Waals surface area (Å²) in [6.45, 7) is -0.449. The van der Waals surface area contributed by atoms with Crippen molar-refractivity contribution in [3.8, 4) is 17.0 Å². The molecule has 0 atom stereocenters. The maximum atomic E-state index is 12.9. The minimum atomic E-state index is -0.632. The van der Waals surface area contributed by atoms with E-state index in [-0.39, 0.29) is 0 Å². The smallest absolute Gasteiger partial charge is 0.339 e.